The Morgan fingerprint density at radius 2 is 1.88 bits per heavy atom. The number of aliphatic hydroxyl groups is 1. The zero-order valence-electron chi connectivity index (χ0n) is 24.9. The van der Waals surface area contributed by atoms with Crippen LogP contribution in [0.3, 0.4) is 0 Å². The van der Waals surface area contributed by atoms with E-state index in [2.05, 4.69) is 28.9 Å². The third kappa shape index (κ3) is 6.04. The van der Waals surface area contributed by atoms with Gasteiger partial charge in [-0.15, -0.1) is 5.10 Å². The van der Waals surface area contributed by atoms with Crippen molar-refractivity contribution >= 4 is 11.7 Å². The molecule has 0 amide bonds. The van der Waals surface area contributed by atoms with E-state index in [4.69, 9.17) is 9.47 Å². The number of aromatic nitrogens is 4. The zero-order chi connectivity index (χ0) is 29.3. The Kier molecular flexibility index (Phi) is 8.25. The molecule has 9 heteroatoms. The molecule has 1 saturated carbocycles. The molecule has 2 aromatic heterocycles. The van der Waals surface area contributed by atoms with Crippen LogP contribution in [0.5, 0.6) is 11.5 Å². The van der Waals surface area contributed by atoms with E-state index in [9.17, 15) is 15.0 Å². The lowest BCUT2D eigenvalue weighted by Gasteiger charge is -2.42. The molecule has 1 aliphatic heterocycles. The number of nitrogens with zero attached hydrogens (tertiary/aromatic N) is 4. The van der Waals surface area contributed by atoms with Crippen LogP contribution in [0.2, 0.25) is 0 Å². The number of aliphatic hydroxyl groups excluding tert-OH is 1. The highest BCUT2D eigenvalue weighted by Gasteiger charge is 2.48. The number of aryl methyl sites for hydroxylation is 4. The van der Waals surface area contributed by atoms with Crippen molar-refractivity contribution in [2.45, 2.75) is 98.0 Å². The maximum Gasteiger partial charge on any atom is 0.338 e. The van der Waals surface area contributed by atoms with E-state index < -0.39 is 11.6 Å². The molecule has 5 rings (SSSR count). The summed E-state index contributed by atoms with van der Waals surface area (Å²) in [5, 5.41) is 26.4. The van der Waals surface area contributed by atoms with E-state index in [1.54, 1.807) is 10.6 Å². The van der Waals surface area contributed by atoms with Gasteiger partial charge >= 0.3 is 5.97 Å². The number of esters is 1. The fourth-order valence-electron chi connectivity index (χ4n) is 6.31. The third-order valence-corrected chi connectivity index (χ3v) is 8.49. The van der Waals surface area contributed by atoms with E-state index in [0.717, 1.165) is 48.2 Å². The van der Waals surface area contributed by atoms with Gasteiger partial charge in [0.15, 0.2) is 5.82 Å². The summed E-state index contributed by atoms with van der Waals surface area (Å²) in [6.45, 7) is 10.6. The summed E-state index contributed by atoms with van der Waals surface area (Å²) in [5.41, 5.74) is 2.98. The molecule has 2 N–H and O–H groups in total. The third-order valence-electron chi connectivity index (χ3n) is 8.49. The van der Waals surface area contributed by atoms with Crippen molar-refractivity contribution in [1.29, 1.82) is 0 Å². The Labute approximate surface area is 241 Å². The van der Waals surface area contributed by atoms with E-state index in [-0.39, 0.29) is 35.8 Å². The summed E-state index contributed by atoms with van der Waals surface area (Å²) in [7, 11) is 0. The number of aromatic hydroxyl groups is 1. The Morgan fingerprint density at radius 3 is 2.56 bits per heavy atom. The summed E-state index contributed by atoms with van der Waals surface area (Å²) in [6.07, 6.45) is 6.29. The summed E-state index contributed by atoms with van der Waals surface area (Å²) >= 11 is 0. The lowest BCUT2D eigenvalue weighted by molar-refractivity contribution is -0.167. The number of phenolic OH excluding ortho intramolecular Hbond substituents is 1. The van der Waals surface area contributed by atoms with Crippen molar-refractivity contribution in [2.75, 3.05) is 6.61 Å². The van der Waals surface area contributed by atoms with Crippen molar-refractivity contribution in [1.82, 2.24) is 19.6 Å². The molecule has 1 fully saturated rings. The number of hydrogen-bond donors (Lipinski definition) is 2. The molecule has 1 atom stereocenters. The van der Waals surface area contributed by atoms with Gasteiger partial charge in [0.05, 0.1) is 12.2 Å². The highest BCUT2D eigenvalue weighted by molar-refractivity contribution is 5.90. The fraction of sp³-hybridized carbons (Fsp3) is 0.562. The monoisotopic (exact) mass is 562 g/mol. The fourth-order valence-corrected chi connectivity index (χ4v) is 6.31. The predicted molar refractivity (Wildman–Crippen MR) is 155 cm³/mol. The van der Waals surface area contributed by atoms with Crippen LogP contribution < -0.4 is 4.74 Å². The van der Waals surface area contributed by atoms with Gasteiger partial charge in [0.1, 0.15) is 22.9 Å². The second-order valence-electron chi connectivity index (χ2n) is 12.1. The maximum atomic E-state index is 13.5. The second kappa shape index (κ2) is 11.7. The van der Waals surface area contributed by atoms with Crippen molar-refractivity contribution in [2.24, 2.45) is 11.8 Å². The SMILES string of the molecule is CCc1cc(CCC2(C3CCCC3)CC(O)=C(Cc3nc4nc(C)cc(C)n4n3)C(=O)O2)c(OCC(C)C)cc1O. The van der Waals surface area contributed by atoms with Crippen LogP contribution in [0.25, 0.3) is 5.78 Å². The first-order valence-electron chi connectivity index (χ1n) is 14.9. The lowest BCUT2D eigenvalue weighted by Crippen LogP contribution is -2.46. The first kappa shape index (κ1) is 28.9. The summed E-state index contributed by atoms with van der Waals surface area (Å²) in [5.74, 6) is 1.85. The van der Waals surface area contributed by atoms with Crippen molar-refractivity contribution in [3.63, 3.8) is 0 Å². The summed E-state index contributed by atoms with van der Waals surface area (Å²) in [6, 6.07) is 5.64. The van der Waals surface area contributed by atoms with E-state index >= 15 is 0 Å². The topological polar surface area (TPSA) is 119 Å². The molecular formula is C32H42N4O5. The van der Waals surface area contributed by atoms with Gasteiger partial charge in [0.2, 0.25) is 0 Å². The van der Waals surface area contributed by atoms with Gasteiger partial charge in [-0.3, -0.25) is 0 Å². The molecular weight excluding hydrogens is 520 g/mol. The molecule has 9 nitrogen and oxygen atoms in total. The van der Waals surface area contributed by atoms with Gasteiger partial charge < -0.3 is 19.7 Å². The molecule has 0 bridgehead atoms. The lowest BCUT2D eigenvalue weighted by atomic mass is 9.76. The number of cyclic esters (lactones) is 1. The molecule has 220 valence electrons. The highest BCUT2D eigenvalue weighted by Crippen LogP contribution is 2.46. The van der Waals surface area contributed by atoms with Gasteiger partial charge in [-0.25, -0.2) is 14.3 Å². The van der Waals surface area contributed by atoms with Crippen LogP contribution in [0.4, 0.5) is 0 Å². The zero-order valence-corrected chi connectivity index (χ0v) is 24.9. The standard InChI is InChI=1S/C32H42N4O5/c1-6-22-14-23(28(16-26(22)37)40-18-19(2)3)11-12-32(24-9-7-8-10-24)17-27(38)25(30(39)41-32)15-29-34-31-33-20(4)13-21(5)36(31)35-29/h13-14,16,19,24,37-38H,6-12,15,17-18H2,1-5H3. The summed E-state index contributed by atoms with van der Waals surface area (Å²) < 4.78 is 14.1. The van der Waals surface area contributed by atoms with Gasteiger partial charge in [-0.05, 0) is 81.0 Å². The normalized spacial score (nSPS) is 19.9. The number of benzene rings is 1. The van der Waals surface area contributed by atoms with E-state index in [1.807, 2.05) is 32.9 Å². The van der Waals surface area contributed by atoms with Crippen LogP contribution in [-0.2, 0) is 28.8 Å². The number of fused-ring (bicyclic) bond motifs is 1. The first-order chi connectivity index (χ1) is 19.6. The number of hydrogen-bond acceptors (Lipinski definition) is 8. The van der Waals surface area contributed by atoms with Crippen LogP contribution in [0.1, 0.15) is 87.6 Å². The average molecular weight is 563 g/mol. The minimum absolute atomic E-state index is 0.0594. The minimum atomic E-state index is -0.803. The van der Waals surface area contributed by atoms with Crippen molar-refractivity contribution in [3.05, 3.63) is 57.9 Å². The quantitative estimate of drug-likeness (QED) is 0.293. The number of ether oxygens (including phenoxy) is 2. The Bertz CT molecular complexity index is 1470. The van der Waals surface area contributed by atoms with Gasteiger partial charge in [0.25, 0.3) is 5.78 Å². The number of carbonyl (C=O) groups excluding carboxylic acids is 1. The number of rotatable bonds is 10. The van der Waals surface area contributed by atoms with Crippen LogP contribution in [0.15, 0.2) is 29.5 Å². The van der Waals surface area contributed by atoms with Crippen LogP contribution in [0, 0.1) is 25.7 Å². The van der Waals surface area contributed by atoms with E-state index in [0.29, 0.717) is 49.1 Å². The van der Waals surface area contributed by atoms with Gasteiger partial charge in [0, 0.05) is 30.3 Å². The Hall–Kier alpha value is -3.62. The minimum Gasteiger partial charge on any atom is -0.512 e. The Balaban J connectivity index is 1.42. The molecule has 1 aliphatic carbocycles. The largest absolute Gasteiger partial charge is 0.512 e. The van der Waals surface area contributed by atoms with Crippen molar-refractivity contribution in [3.8, 4) is 11.5 Å². The maximum absolute atomic E-state index is 13.5. The van der Waals surface area contributed by atoms with Crippen LogP contribution in [-0.4, -0.2) is 48.0 Å². The number of phenols is 1. The van der Waals surface area contributed by atoms with Gasteiger partial charge in [-0.2, -0.15) is 4.98 Å². The average Bonchev–Trinajstić information content (AvgIpc) is 3.60. The molecule has 0 radical (unpaired) electrons. The van der Waals surface area contributed by atoms with E-state index in [1.165, 1.54) is 0 Å². The number of carbonyl (C=O) groups is 1. The molecule has 2 aliphatic rings. The predicted octanol–water partition coefficient (Wildman–Crippen LogP) is 5.91. The van der Waals surface area contributed by atoms with Gasteiger partial charge in [-0.1, -0.05) is 33.6 Å². The smallest absolute Gasteiger partial charge is 0.338 e. The molecule has 0 saturated heterocycles. The molecule has 1 unspecified atom stereocenters. The van der Waals surface area contributed by atoms with Crippen LogP contribution >= 0.6 is 0 Å². The second-order valence-corrected chi connectivity index (χ2v) is 12.1. The summed E-state index contributed by atoms with van der Waals surface area (Å²) in [4.78, 5) is 22.5. The van der Waals surface area contributed by atoms with Crippen molar-refractivity contribution < 1.29 is 24.5 Å². The molecule has 0 spiro atoms. The molecule has 3 heterocycles. The first-order valence-corrected chi connectivity index (χ1v) is 14.9. The Morgan fingerprint density at radius 1 is 1.12 bits per heavy atom. The highest BCUT2D eigenvalue weighted by atomic mass is 16.6. The molecule has 1 aromatic carbocycles. The molecule has 41 heavy (non-hydrogen) atoms. The molecule has 3 aromatic rings.